The van der Waals surface area contributed by atoms with Gasteiger partial charge in [0.05, 0.1) is 16.2 Å². The molecule has 0 bridgehead atoms. The Morgan fingerprint density at radius 3 is 1.89 bits per heavy atom. The van der Waals surface area contributed by atoms with Gasteiger partial charge in [0.15, 0.2) is 9.84 Å². The van der Waals surface area contributed by atoms with E-state index in [1.54, 1.807) is 37.3 Å². The number of carbonyl (C=O) groups excluding carboxylic acids is 2. The molecule has 0 heterocycles. The van der Waals surface area contributed by atoms with Crippen LogP contribution in [0.25, 0.3) is 0 Å². The fourth-order valence-corrected chi connectivity index (χ4v) is 4.89. The van der Waals surface area contributed by atoms with Crippen molar-refractivity contribution in [2.75, 3.05) is 16.0 Å². The molecule has 0 spiro atoms. The van der Waals surface area contributed by atoms with Crippen molar-refractivity contribution in [2.45, 2.75) is 30.7 Å². The summed E-state index contributed by atoms with van der Waals surface area (Å²) in [6.45, 7) is 2.99. The summed E-state index contributed by atoms with van der Waals surface area (Å²) in [7, 11) is -3.78. The molecule has 0 saturated carbocycles. The van der Waals surface area contributed by atoms with Crippen LogP contribution in [0.4, 0.5) is 35.0 Å². The van der Waals surface area contributed by atoms with E-state index in [0.29, 0.717) is 16.8 Å². The maximum absolute atomic E-state index is 13.0. The van der Waals surface area contributed by atoms with Crippen molar-refractivity contribution in [3.63, 3.8) is 0 Å². The Morgan fingerprint density at radius 1 is 0.800 bits per heavy atom. The molecule has 0 aliphatic rings. The van der Waals surface area contributed by atoms with Gasteiger partial charge in [0.2, 0.25) is 5.91 Å². The van der Waals surface area contributed by atoms with Crippen molar-refractivity contribution in [1.82, 2.24) is 0 Å². The zero-order valence-electron chi connectivity index (χ0n) is 18.7. The lowest BCUT2D eigenvalue weighted by atomic mass is 10.2. The summed E-state index contributed by atoms with van der Waals surface area (Å²) in [5.74, 6) is -0.539. The molecule has 0 aromatic heterocycles. The van der Waals surface area contributed by atoms with Gasteiger partial charge in [-0.3, -0.25) is 4.79 Å². The third-order valence-electron chi connectivity index (χ3n) is 4.88. The summed E-state index contributed by atoms with van der Waals surface area (Å²) in [5, 5.41) is 7.49. The van der Waals surface area contributed by atoms with Gasteiger partial charge in [0.25, 0.3) is 0 Å². The number of urea groups is 1. The van der Waals surface area contributed by atoms with Crippen LogP contribution in [-0.4, -0.2) is 20.4 Å². The summed E-state index contributed by atoms with van der Waals surface area (Å²) in [6, 6.07) is 13.9. The number of nitrogens with one attached hydrogen (secondary N) is 3. The number of rotatable bonds is 6. The van der Waals surface area contributed by atoms with Gasteiger partial charge in [-0.05, 0) is 66.6 Å². The number of carbonyl (C=O) groups is 2. The number of benzene rings is 3. The largest absolute Gasteiger partial charge is 0.416 e. The van der Waals surface area contributed by atoms with E-state index in [1.807, 2.05) is 0 Å². The molecular weight excluding hydrogens is 483 g/mol. The number of alkyl halides is 3. The first-order valence-electron chi connectivity index (χ1n) is 10.3. The standard InChI is InChI=1S/C24H22F3N3O4S/c1-15-3-8-21(30-23(32)29-20-11-6-18(7-12-20)24(25,26)27)13-22(15)35(33,34)14-17-4-9-19(10-5-17)28-16(2)31/h3-13H,14H2,1-2H3,(H,28,31)(H2,29,30,32). The van der Waals surface area contributed by atoms with E-state index in [4.69, 9.17) is 0 Å². The molecule has 3 aromatic carbocycles. The van der Waals surface area contributed by atoms with E-state index in [9.17, 15) is 31.2 Å². The van der Waals surface area contributed by atoms with E-state index >= 15 is 0 Å². The molecule has 0 aliphatic carbocycles. The van der Waals surface area contributed by atoms with Crippen LogP contribution >= 0.6 is 0 Å². The van der Waals surface area contributed by atoms with E-state index in [2.05, 4.69) is 16.0 Å². The lowest BCUT2D eigenvalue weighted by molar-refractivity contribution is -0.137. The number of sulfone groups is 1. The molecule has 3 amide bonds. The first-order chi connectivity index (χ1) is 16.3. The summed E-state index contributed by atoms with van der Waals surface area (Å²) >= 11 is 0. The highest BCUT2D eigenvalue weighted by atomic mass is 32.2. The molecule has 0 saturated heterocycles. The van der Waals surface area contributed by atoms with E-state index in [0.717, 1.165) is 24.3 Å². The van der Waals surface area contributed by atoms with Gasteiger partial charge in [0, 0.05) is 24.0 Å². The molecule has 184 valence electrons. The molecule has 7 nitrogen and oxygen atoms in total. The van der Waals surface area contributed by atoms with Gasteiger partial charge < -0.3 is 16.0 Å². The van der Waals surface area contributed by atoms with Crippen LogP contribution in [-0.2, 0) is 26.6 Å². The normalized spacial score (nSPS) is 11.6. The van der Waals surface area contributed by atoms with Gasteiger partial charge >= 0.3 is 12.2 Å². The maximum atomic E-state index is 13.0. The van der Waals surface area contributed by atoms with Crippen molar-refractivity contribution >= 4 is 38.8 Å². The van der Waals surface area contributed by atoms with Crippen LogP contribution in [0.3, 0.4) is 0 Å². The molecule has 0 atom stereocenters. The number of aryl methyl sites for hydroxylation is 1. The van der Waals surface area contributed by atoms with Gasteiger partial charge in [-0.1, -0.05) is 18.2 Å². The predicted molar refractivity (Wildman–Crippen MR) is 127 cm³/mol. The third-order valence-corrected chi connectivity index (χ3v) is 6.71. The molecule has 0 radical (unpaired) electrons. The SMILES string of the molecule is CC(=O)Nc1ccc(CS(=O)(=O)c2cc(NC(=O)Nc3ccc(C(F)(F)F)cc3)ccc2C)cc1. The topological polar surface area (TPSA) is 104 Å². The minimum absolute atomic E-state index is 0.0239. The van der Waals surface area contributed by atoms with Crippen molar-refractivity contribution in [1.29, 1.82) is 0 Å². The van der Waals surface area contributed by atoms with E-state index < -0.39 is 27.6 Å². The van der Waals surface area contributed by atoms with Crippen LogP contribution in [0.5, 0.6) is 0 Å². The Bertz CT molecular complexity index is 1340. The Balaban J connectivity index is 1.71. The number of hydrogen-bond acceptors (Lipinski definition) is 4. The zero-order valence-corrected chi connectivity index (χ0v) is 19.5. The molecule has 0 aliphatic heterocycles. The fraction of sp³-hybridized carbons (Fsp3) is 0.167. The van der Waals surface area contributed by atoms with Crippen LogP contribution in [0.1, 0.15) is 23.6 Å². The summed E-state index contributed by atoms with van der Waals surface area (Å²) < 4.78 is 64.1. The Hall–Kier alpha value is -3.86. The highest BCUT2D eigenvalue weighted by Crippen LogP contribution is 2.30. The summed E-state index contributed by atoms with van der Waals surface area (Å²) in [6.07, 6.45) is -4.49. The summed E-state index contributed by atoms with van der Waals surface area (Å²) in [5.41, 5.74) is 1.02. The van der Waals surface area contributed by atoms with Crippen LogP contribution in [0, 0.1) is 6.92 Å². The highest BCUT2D eigenvalue weighted by molar-refractivity contribution is 7.90. The molecule has 0 fully saturated rings. The van der Waals surface area contributed by atoms with Crippen molar-refractivity contribution in [2.24, 2.45) is 0 Å². The monoisotopic (exact) mass is 505 g/mol. The second-order valence-corrected chi connectivity index (χ2v) is 9.73. The van der Waals surface area contributed by atoms with Gasteiger partial charge in [-0.25, -0.2) is 13.2 Å². The van der Waals surface area contributed by atoms with Crippen molar-refractivity contribution in [3.05, 3.63) is 83.4 Å². The smallest absolute Gasteiger partial charge is 0.326 e. The predicted octanol–water partition coefficient (Wildman–Crippen LogP) is 5.59. The second kappa shape index (κ2) is 10.2. The number of hydrogen-bond donors (Lipinski definition) is 3. The molecular formula is C24H22F3N3O4S. The number of amides is 3. The maximum Gasteiger partial charge on any atom is 0.416 e. The van der Waals surface area contributed by atoms with E-state index in [-0.39, 0.29) is 27.9 Å². The second-order valence-electron chi connectivity index (χ2n) is 7.77. The highest BCUT2D eigenvalue weighted by Gasteiger charge is 2.30. The molecule has 0 unspecified atom stereocenters. The Kier molecular flexibility index (Phi) is 7.49. The zero-order chi connectivity index (χ0) is 25.8. The van der Waals surface area contributed by atoms with Gasteiger partial charge in [0.1, 0.15) is 0 Å². The van der Waals surface area contributed by atoms with E-state index in [1.165, 1.54) is 19.1 Å². The first-order valence-corrected chi connectivity index (χ1v) is 11.9. The lowest BCUT2D eigenvalue weighted by Gasteiger charge is -2.13. The average Bonchev–Trinajstić information content (AvgIpc) is 2.75. The molecule has 35 heavy (non-hydrogen) atoms. The molecule has 11 heteroatoms. The summed E-state index contributed by atoms with van der Waals surface area (Å²) in [4.78, 5) is 23.4. The molecule has 3 N–H and O–H groups in total. The molecule has 3 aromatic rings. The first kappa shape index (κ1) is 25.8. The van der Waals surface area contributed by atoms with Crippen molar-refractivity contribution in [3.8, 4) is 0 Å². The lowest BCUT2D eigenvalue weighted by Crippen LogP contribution is -2.20. The van der Waals surface area contributed by atoms with Gasteiger partial charge in [-0.2, -0.15) is 13.2 Å². The Morgan fingerprint density at radius 2 is 1.31 bits per heavy atom. The van der Waals surface area contributed by atoms with Crippen LogP contribution in [0.2, 0.25) is 0 Å². The number of halogens is 3. The third kappa shape index (κ3) is 7.06. The quantitative estimate of drug-likeness (QED) is 0.406. The fourth-order valence-electron chi connectivity index (χ4n) is 3.23. The minimum atomic E-state index is -4.49. The van der Waals surface area contributed by atoms with Crippen LogP contribution < -0.4 is 16.0 Å². The average molecular weight is 506 g/mol. The molecule has 3 rings (SSSR count). The van der Waals surface area contributed by atoms with Gasteiger partial charge in [-0.15, -0.1) is 0 Å². The number of anilines is 3. The van der Waals surface area contributed by atoms with Crippen LogP contribution in [0.15, 0.2) is 71.6 Å². The Labute approximate surface area is 200 Å². The van der Waals surface area contributed by atoms with Crippen molar-refractivity contribution < 1.29 is 31.2 Å². The minimum Gasteiger partial charge on any atom is -0.326 e.